The third-order valence-electron chi connectivity index (χ3n) is 4.01. The van der Waals surface area contributed by atoms with Gasteiger partial charge < -0.3 is 15.0 Å². The van der Waals surface area contributed by atoms with Crippen molar-refractivity contribution in [2.75, 3.05) is 30.1 Å². The first-order chi connectivity index (χ1) is 12.1. The maximum atomic E-state index is 12.5. The van der Waals surface area contributed by atoms with Gasteiger partial charge in [0.2, 0.25) is 5.91 Å². The highest BCUT2D eigenvalue weighted by molar-refractivity contribution is 7.98. The van der Waals surface area contributed by atoms with E-state index in [0.29, 0.717) is 35.0 Å². The highest BCUT2D eigenvalue weighted by atomic mass is 32.2. The number of thioether (sulfide) groups is 1. The minimum Gasteiger partial charge on any atom is -0.494 e. The van der Waals surface area contributed by atoms with Crippen LogP contribution in [-0.4, -0.2) is 36.7 Å². The van der Waals surface area contributed by atoms with Crippen molar-refractivity contribution in [3.05, 3.63) is 42.1 Å². The van der Waals surface area contributed by atoms with Crippen LogP contribution in [0.4, 0.5) is 11.4 Å². The minimum absolute atomic E-state index is 0.0926. The van der Waals surface area contributed by atoms with E-state index in [9.17, 15) is 9.59 Å². The molecule has 1 aromatic heterocycles. The van der Waals surface area contributed by atoms with E-state index in [1.807, 2.05) is 6.26 Å². The van der Waals surface area contributed by atoms with E-state index < -0.39 is 0 Å². The number of carbonyl (C=O) groups excluding carboxylic acids is 2. The van der Waals surface area contributed by atoms with Crippen LogP contribution in [0.25, 0.3) is 0 Å². The quantitative estimate of drug-likeness (QED) is 0.832. The number of nitrogens with zero attached hydrogens (tertiary/aromatic N) is 2. The lowest BCUT2D eigenvalue weighted by atomic mass is 10.2. The van der Waals surface area contributed by atoms with Crippen LogP contribution in [0.5, 0.6) is 5.75 Å². The summed E-state index contributed by atoms with van der Waals surface area (Å²) in [6.45, 7) is 0.688. The van der Waals surface area contributed by atoms with E-state index >= 15 is 0 Å². The molecule has 1 aromatic carbocycles. The van der Waals surface area contributed by atoms with Crippen molar-refractivity contribution in [2.45, 2.75) is 17.9 Å². The normalized spacial score (nSPS) is 13.8. The zero-order valence-corrected chi connectivity index (χ0v) is 14.9. The number of pyridine rings is 1. The van der Waals surface area contributed by atoms with Gasteiger partial charge in [-0.15, -0.1) is 11.8 Å². The first kappa shape index (κ1) is 17.3. The van der Waals surface area contributed by atoms with Gasteiger partial charge in [-0.2, -0.15) is 0 Å². The molecule has 2 amide bonds. The number of anilines is 2. The summed E-state index contributed by atoms with van der Waals surface area (Å²) in [6.07, 6.45) is 4.94. The monoisotopic (exact) mass is 357 g/mol. The Hall–Kier alpha value is -2.54. The SMILES string of the molecule is COc1cc(NC(=O)c2cccnc2SC)ccc1N1CCCC1=O. The fourth-order valence-corrected chi connectivity index (χ4v) is 3.35. The molecule has 1 saturated heterocycles. The van der Waals surface area contributed by atoms with Gasteiger partial charge in [-0.1, -0.05) is 0 Å². The molecule has 1 fully saturated rings. The van der Waals surface area contributed by atoms with E-state index in [2.05, 4.69) is 10.3 Å². The molecule has 2 heterocycles. The first-order valence-electron chi connectivity index (χ1n) is 7.93. The summed E-state index contributed by atoms with van der Waals surface area (Å²) >= 11 is 1.42. The van der Waals surface area contributed by atoms with Crippen LogP contribution in [0.1, 0.15) is 23.2 Å². The Morgan fingerprint density at radius 1 is 1.36 bits per heavy atom. The number of hydrogen-bond acceptors (Lipinski definition) is 5. The molecule has 1 aliphatic rings. The number of hydrogen-bond donors (Lipinski definition) is 1. The Kier molecular flexibility index (Phi) is 5.23. The molecule has 0 saturated carbocycles. The average Bonchev–Trinajstić information content (AvgIpc) is 3.07. The lowest BCUT2D eigenvalue weighted by Crippen LogP contribution is -2.24. The van der Waals surface area contributed by atoms with E-state index in [4.69, 9.17) is 4.74 Å². The summed E-state index contributed by atoms with van der Waals surface area (Å²) in [5.74, 6) is 0.420. The van der Waals surface area contributed by atoms with Crippen LogP contribution in [0.2, 0.25) is 0 Å². The van der Waals surface area contributed by atoms with Crippen LogP contribution < -0.4 is 15.0 Å². The molecule has 1 aliphatic heterocycles. The average molecular weight is 357 g/mol. The number of amides is 2. The molecule has 0 bridgehead atoms. The molecule has 0 atom stereocenters. The summed E-state index contributed by atoms with van der Waals surface area (Å²) in [5.41, 5.74) is 1.86. The summed E-state index contributed by atoms with van der Waals surface area (Å²) < 4.78 is 5.42. The Morgan fingerprint density at radius 3 is 2.88 bits per heavy atom. The van der Waals surface area contributed by atoms with Crippen molar-refractivity contribution >= 4 is 35.0 Å². The predicted molar refractivity (Wildman–Crippen MR) is 98.6 cm³/mol. The Labute approximate surface area is 150 Å². The Bertz CT molecular complexity index is 810. The van der Waals surface area contributed by atoms with Crippen molar-refractivity contribution in [1.29, 1.82) is 0 Å². The molecule has 7 heteroatoms. The van der Waals surface area contributed by atoms with E-state index in [-0.39, 0.29) is 11.8 Å². The maximum absolute atomic E-state index is 12.5. The molecule has 0 spiro atoms. The van der Waals surface area contributed by atoms with Gasteiger partial charge in [0.05, 0.1) is 18.4 Å². The lowest BCUT2D eigenvalue weighted by Gasteiger charge is -2.19. The largest absolute Gasteiger partial charge is 0.494 e. The highest BCUT2D eigenvalue weighted by Gasteiger charge is 2.24. The van der Waals surface area contributed by atoms with Crippen molar-refractivity contribution in [3.8, 4) is 5.75 Å². The van der Waals surface area contributed by atoms with Gasteiger partial charge in [-0.25, -0.2) is 4.98 Å². The number of ether oxygens (including phenoxy) is 1. The number of carbonyl (C=O) groups is 2. The van der Waals surface area contributed by atoms with Gasteiger partial charge >= 0.3 is 0 Å². The first-order valence-corrected chi connectivity index (χ1v) is 9.15. The van der Waals surface area contributed by atoms with Crippen LogP contribution in [-0.2, 0) is 4.79 Å². The standard InChI is InChI=1S/C18H19N3O3S/c1-24-15-11-12(7-8-14(15)21-10-4-6-16(21)22)20-17(23)13-5-3-9-19-18(13)25-2/h3,5,7-9,11H,4,6,10H2,1-2H3,(H,20,23). The van der Waals surface area contributed by atoms with Crippen molar-refractivity contribution < 1.29 is 14.3 Å². The fourth-order valence-electron chi connectivity index (χ4n) is 2.81. The van der Waals surface area contributed by atoms with Gasteiger partial charge in [0, 0.05) is 30.9 Å². The van der Waals surface area contributed by atoms with E-state index in [1.54, 1.807) is 48.5 Å². The number of nitrogens with one attached hydrogen (secondary N) is 1. The molecule has 6 nitrogen and oxygen atoms in total. The molecular weight excluding hydrogens is 338 g/mol. The third-order valence-corrected chi connectivity index (χ3v) is 4.72. The second-order valence-electron chi connectivity index (χ2n) is 5.55. The van der Waals surface area contributed by atoms with Crippen molar-refractivity contribution in [3.63, 3.8) is 0 Å². The maximum Gasteiger partial charge on any atom is 0.258 e. The molecule has 2 aromatic rings. The number of aromatic nitrogens is 1. The molecular formula is C18H19N3O3S. The van der Waals surface area contributed by atoms with Gasteiger partial charge in [-0.3, -0.25) is 9.59 Å². The second-order valence-corrected chi connectivity index (χ2v) is 6.34. The Morgan fingerprint density at radius 2 is 2.20 bits per heavy atom. The number of methoxy groups -OCH3 is 1. The van der Waals surface area contributed by atoms with Gasteiger partial charge in [0.25, 0.3) is 5.91 Å². The zero-order chi connectivity index (χ0) is 17.8. The van der Waals surface area contributed by atoms with Crippen LogP contribution >= 0.6 is 11.8 Å². The summed E-state index contributed by atoms with van der Waals surface area (Å²) in [4.78, 5) is 30.4. The van der Waals surface area contributed by atoms with Crippen LogP contribution in [0, 0.1) is 0 Å². The summed E-state index contributed by atoms with van der Waals surface area (Å²) in [5, 5.41) is 3.53. The van der Waals surface area contributed by atoms with Gasteiger partial charge in [0.15, 0.2) is 0 Å². The number of benzene rings is 1. The van der Waals surface area contributed by atoms with Gasteiger partial charge in [-0.05, 0) is 36.9 Å². The molecule has 0 radical (unpaired) electrons. The van der Waals surface area contributed by atoms with Crippen LogP contribution in [0.15, 0.2) is 41.6 Å². The van der Waals surface area contributed by atoms with Gasteiger partial charge in [0.1, 0.15) is 10.8 Å². The molecule has 1 N–H and O–H groups in total. The molecule has 0 aliphatic carbocycles. The molecule has 0 unspecified atom stereocenters. The Balaban J connectivity index is 1.83. The van der Waals surface area contributed by atoms with Crippen LogP contribution in [0.3, 0.4) is 0 Å². The van der Waals surface area contributed by atoms with E-state index in [0.717, 1.165) is 12.1 Å². The van der Waals surface area contributed by atoms with Crippen molar-refractivity contribution in [1.82, 2.24) is 4.98 Å². The molecule has 130 valence electrons. The smallest absolute Gasteiger partial charge is 0.258 e. The topological polar surface area (TPSA) is 71.5 Å². The minimum atomic E-state index is -0.232. The van der Waals surface area contributed by atoms with Crippen molar-refractivity contribution in [2.24, 2.45) is 0 Å². The summed E-state index contributed by atoms with van der Waals surface area (Å²) in [7, 11) is 1.55. The summed E-state index contributed by atoms with van der Waals surface area (Å²) in [6, 6.07) is 8.78. The predicted octanol–water partition coefficient (Wildman–Crippen LogP) is 3.19. The fraction of sp³-hybridized carbons (Fsp3) is 0.278. The molecule has 3 rings (SSSR count). The highest BCUT2D eigenvalue weighted by Crippen LogP contribution is 2.34. The lowest BCUT2D eigenvalue weighted by molar-refractivity contribution is -0.117. The number of rotatable bonds is 5. The zero-order valence-electron chi connectivity index (χ0n) is 14.1. The van der Waals surface area contributed by atoms with E-state index in [1.165, 1.54) is 11.8 Å². The second kappa shape index (κ2) is 7.57. The molecule has 25 heavy (non-hydrogen) atoms. The third kappa shape index (κ3) is 3.61.